The maximum Gasteiger partial charge on any atom is 0.219 e. The smallest absolute Gasteiger partial charge is 0.219 e. The van der Waals surface area contributed by atoms with Gasteiger partial charge in [-0.15, -0.1) is 0 Å². The molecule has 3 nitrogen and oxygen atoms in total. The number of halogens is 1. The summed E-state index contributed by atoms with van der Waals surface area (Å²) in [5, 5.41) is 8.79. The van der Waals surface area contributed by atoms with Gasteiger partial charge in [-0.1, -0.05) is 40.2 Å². The van der Waals surface area contributed by atoms with Gasteiger partial charge in [-0.2, -0.15) is 5.26 Å². The molecule has 0 aliphatic rings. The molecule has 1 aromatic heterocycles. The molecule has 2 aromatic rings. The van der Waals surface area contributed by atoms with Gasteiger partial charge in [-0.3, -0.25) is 0 Å². The van der Waals surface area contributed by atoms with Gasteiger partial charge in [0.15, 0.2) is 0 Å². The van der Waals surface area contributed by atoms with Gasteiger partial charge in [0.05, 0.1) is 11.8 Å². The van der Waals surface area contributed by atoms with Gasteiger partial charge in [0.1, 0.15) is 10.6 Å². The molecular formula is C13H9BrN2O. The number of pyridine rings is 1. The van der Waals surface area contributed by atoms with Gasteiger partial charge in [0.25, 0.3) is 0 Å². The Kier molecular flexibility index (Phi) is 3.73. The topological polar surface area (TPSA) is 45.9 Å². The molecule has 0 N–H and O–H groups in total. The third-order valence-corrected chi connectivity index (χ3v) is 2.76. The van der Waals surface area contributed by atoms with Crippen molar-refractivity contribution >= 4 is 15.9 Å². The fourth-order valence-electron chi connectivity index (χ4n) is 1.30. The average Bonchev–Trinajstić information content (AvgIpc) is 2.39. The lowest BCUT2D eigenvalue weighted by Crippen LogP contribution is -1.94. The van der Waals surface area contributed by atoms with Crippen LogP contribution in [-0.2, 0) is 0 Å². The number of para-hydroxylation sites is 1. The first-order valence-corrected chi connectivity index (χ1v) is 5.95. The van der Waals surface area contributed by atoms with Crippen LogP contribution in [0.3, 0.4) is 0 Å². The van der Waals surface area contributed by atoms with Crippen LogP contribution in [0.4, 0.5) is 0 Å². The van der Waals surface area contributed by atoms with Crippen molar-refractivity contribution < 1.29 is 4.74 Å². The van der Waals surface area contributed by atoms with Crippen molar-refractivity contribution in [1.82, 2.24) is 4.98 Å². The number of benzene rings is 1. The summed E-state index contributed by atoms with van der Waals surface area (Å²) < 4.78 is 5.57. The van der Waals surface area contributed by atoms with Crippen molar-refractivity contribution in [3.63, 3.8) is 0 Å². The van der Waals surface area contributed by atoms with Crippen molar-refractivity contribution in [2.45, 2.75) is 4.83 Å². The van der Waals surface area contributed by atoms with Crippen LogP contribution in [-0.4, -0.2) is 4.98 Å². The lowest BCUT2D eigenvalue weighted by molar-refractivity contribution is 0.461. The Hall–Kier alpha value is -1.86. The van der Waals surface area contributed by atoms with E-state index in [4.69, 9.17) is 10.00 Å². The van der Waals surface area contributed by atoms with Crippen LogP contribution in [0.2, 0.25) is 0 Å². The highest BCUT2D eigenvalue weighted by Gasteiger charge is 2.08. The molecular weight excluding hydrogens is 280 g/mol. The van der Waals surface area contributed by atoms with E-state index in [9.17, 15) is 0 Å². The summed E-state index contributed by atoms with van der Waals surface area (Å²) in [5.74, 6) is 1.20. The molecule has 84 valence electrons. The summed E-state index contributed by atoms with van der Waals surface area (Å²) in [5.41, 5.74) is 0.640. The van der Waals surface area contributed by atoms with E-state index in [1.807, 2.05) is 36.4 Å². The van der Waals surface area contributed by atoms with Crippen LogP contribution in [0, 0.1) is 11.3 Å². The molecule has 0 aliphatic carbocycles. The summed E-state index contributed by atoms with van der Waals surface area (Å²) in [6.45, 7) is 0. The van der Waals surface area contributed by atoms with Crippen LogP contribution in [0.1, 0.15) is 10.5 Å². The molecule has 0 aliphatic heterocycles. The lowest BCUT2D eigenvalue weighted by atomic mass is 10.3. The molecule has 1 heterocycles. The Bertz CT molecular complexity index is 537. The zero-order chi connectivity index (χ0) is 12.1. The molecule has 0 bridgehead atoms. The van der Waals surface area contributed by atoms with Gasteiger partial charge in [0.2, 0.25) is 5.88 Å². The maximum absolute atomic E-state index is 8.79. The molecule has 17 heavy (non-hydrogen) atoms. The van der Waals surface area contributed by atoms with Crippen LogP contribution in [0.15, 0.2) is 48.5 Å². The number of nitriles is 1. The largest absolute Gasteiger partial charge is 0.439 e. The Morgan fingerprint density at radius 2 is 1.88 bits per heavy atom. The second kappa shape index (κ2) is 5.46. The highest BCUT2D eigenvalue weighted by Crippen LogP contribution is 2.24. The van der Waals surface area contributed by atoms with E-state index in [2.05, 4.69) is 27.0 Å². The quantitative estimate of drug-likeness (QED) is 0.807. The summed E-state index contributed by atoms with van der Waals surface area (Å²) in [6.07, 6.45) is 0. The van der Waals surface area contributed by atoms with E-state index >= 15 is 0 Å². The number of rotatable bonds is 3. The SMILES string of the molecule is N#CC(Br)c1cccc(Oc2ccccc2)n1. The third-order valence-electron chi connectivity index (χ3n) is 2.08. The number of hydrogen-bond acceptors (Lipinski definition) is 3. The second-order valence-electron chi connectivity index (χ2n) is 3.31. The molecule has 0 radical (unpaired) electrons. The zero-order valence-corrected chi connectivity index (χ0v) is 10.5. The fourth-order valence-corrected chi connectivity index (χ4v) is 1.56. The number of alkyl halides is 1. The van der Waals surface area contributed by atoms with Gasteiger partial charge in [-0.05, 0) is 18.2 Å². The maximum atomic E-state index is 8.79. The van der Waals surface area contributed by atoms with E-state index < -0.39 is 4.83 Å². The van der Waals surface area contributed by atoms with E-state index in [0.717, 1.165) is 5.75 Å². The molecule has 1 aromatic carbocycles. The van der Waals surface area contributed by atoms with Crippen LogP contribution >= 0.6 is 15.9 Å². The summed E-state index contributed by atoms with van der Waals surface area (Å²) in [6, 6.07) is 16.8. The fraction of sp³-hybridized carbons (Fsp3) is 0.0769. The van der Waals surface area contributed by atoms with Gasteiger partial charge in [-0.25, -0.2) is 4.98 Å². The zero-order valence-electron chi connectivity index (χ0n) is 8.88. The van der Waals surface area contributed by atoms with Gasteiger partial charge in [0, 0.05) is 6.07 Å². The minimum absolute atomic E-state index is 0.415. The molecule has 0 amide bonds. The van der Waals surface area contributed by atoms with Crippen LogP contribution in [0.5, 0.6) is 11.6 Å². The lowest BCUT2D eigenvalue weighted by Gasteiger charge is -2.06. The van der Waals surface area contributed by atoms with E-state index in [0.29, 0.717) is 11.6 Å². The number of ether oxygens (including phenoxy) is 1. The predicted octanol–water partition coefficient (Wildman–Crippen LogP) is 3.83. The third kappa shape index (κ3) is 3.05. The summed E-state index contributed by atoms with van der Waals surface area (Å²) >= 11 is 3.23. The van der Waals surface area contributed by atoms with Gasteiger partial charge >= 0.3 is 0 Å². The highest BCUT2D eigenvalue weighted by atomic mass is 79.9. The predicted molar refractivity (Wildman–Crippen MR) is 68.0 cm³/mol. The minimum Gasteiger partial charge on any atom is -0.439 e. The van der Waals surface area contributed by atoms with E-state index in [-0.39, 0.29) is 0 Å². The van der Waals surface area contributed by atoms with E-state index in [1.54, 1.807) is 12.1 Å². The molecule has 0 saturated heterocycles. The highest BCUT2D eigenvalue weighted by molar-refractivity contribution is 9.09. The van der Waals surface area contributed by atoms with Crippen LogP contribution in [0.25, 0.3) is 0 Å². The molecule has 4 heteroatoms. The number of hydrogen-bond donors (Lipinski definition) is 0. The summed E-state index contributed by atoms with van der Waals surface area (Å²) in [4.78, 5) is 3.83. The molecule has 1 unspecified atom stereocenters. The molecule has 0 fully saturated rings. The average molecular weight is 289 g/mol. The number of nitrogens with zero attached hydrogens (tertiary/aromatic N) is 2. The Labute approximate surface area is 108 Å². The van der Waals surface area contributed by atoms with Gasteiger partial charge < -0.3 is 4.74 Å². The van der Waals surface area contributed by atoms with Crippen LogP contribution < -0.4 is 4.74 Å². The molecule has 0 spiro atoms. The second-order valence-corrected chi connectivity index (χ2v) is 4.22. The summed E-state index contributed by atoms with van der Waals surface area (Å²) in [7, 11) is 0. The molecule has 1 atom stereocenters. The minimum atomic E-state index is -0.415. The van der Waals surface area contributed by atoms with Crippen molar-refractivity contribution in [3.05, 3.63) is 54.2 Å². The van der Waals surface area contributed by atoms with Crippen molar-refractivity contribution in [1.29, 1.82) is 5.26 Å². The van der Waals surface area contributed by atoms with Crippen molar-refractivity contribution in [2.24, 2.45) is 0 Å². The van der Waals surface area contributed by atoms with Crippen molar-refractivity contribution in [2.75, 3.05) is 0 Å². The normalized spacial score (nSPS) is 11.5. The Balaban J connectivity index is 2.20. The first-order valence-electron chi connectivity index (χ1n) is 5.03. The molecule has 0 saturated carbocycles. The van der Waals surface area contributed by atoms with Crippen molar-refractivity contribution in [3.8, 4) is 17.7 Å². The monoisotopic (exact) mass is 288 g/mol. The number of aromatic nitrogens is 1. The molecule has 2 rings (SSSR count). The van der Waals surface area contributed by atoms with E-state index in [1.165, 1.54) is 0 Å². The first kappa shape index (κ1) is 11.6. The Morgan fingerprint density at radius 1 is 1.12 bits per heavy atom. The Morgan fingerprint density at radius 3 is 2.59 bits per heavy atom. The first-order chi connectivity index (χ1) is 8.29. The standard InChI is InChI=1S/C13H9BrN2O/c14-11(9-15)12-7-4-8-13(16-12)17-10-5-2-1-3-6-10/h1-8,11H.